The van der Waals surface area contributed by atoms with Crippen LogP contribution in [0.3, 0.4) is 0 Å². The standard InChI is InChI=1S/C36H28N6O5/c1-46-35(44)30-29(21-9-5-3-6-10-21)26(20-37)32(38)42(31(30)36(45)47-2)25-17-18-27-28(19-25)41-33(40-27)22-13-15-24(16-14-22)39-34(43)23-11-7-4-8-12-23/h3-19,29H,38H2,1-2H3,(H,39,43)(H,40,41). The molecule has 47 heavy (non-hydrogen) atoms. The van der Waals surface area contributed by atoms with Crippen molar-refractivity contribution in [2.45, 2.75) is 5.92 Å². The molecule has 4 N–H and O–H groups in total. The quantitative estimate of drug-likeness (QED) is 0.202. The van der Waals surface area contributed by atoms with Crippen LogP contribution in [0.1, 0.15) is 21.8 Å². The summed E-state index contributed by atoms with van der Waals surface area (Å²) in [5, 5.41) is 13.2. The minimum Gasteiger partial charge on any atom is -0.466 e. The molecular formula is C36H28N6O5. The predicted octanol–water partition coefficient (Wildman–Crippen LogP) is 5.38. The fourth-order valence-electron chi connectivity index (χ4n) is 5.56. The highest BCUT2D eigenvalue weighted by molar-refractivity contribution is 6.07. The number of ether oxygens (including phenoxy) is 2. The molecule has 1 unspecified atom stereocenters. The van der Waals surface area contributed by atoms with Crippen LogP contribution in [0, 0.1) is 11.3 Å². The van der Waals surface area contributed by atoms with Crippen LogP contribution in [0.4, 0.5) is 11.4 Å². The van der Waals surface area contributed by atoms with E-state index in [1.165, 1.54) is 19.1 Å². The zero-order valence-electron chi connectivity index (χ0n) is 25.4. The third kappa shape index (κ3) is 5.67. The number of carbonyl (C=O) groups is 3. The van der Waals surface area contributed by atoms with E-state index in [-0.39, 0.29) is 28.6 Å². The maximum Gasteiger partial charge on any atom is 0.355 e. The van der Waals surface area contributed by atoms with Crippen LogP contribution in [-0.4, -0.2) is 42.0 Å². The molecule has 0 saturated heterocycles. The number of nitrogens with one attached hydrogen (secondary N) is 2. The molecule has 11 nitrogen and oxygen atoms in total. The van der Waals surface area contributed by atoms with Crippen LogP contribution >= 0.6 is 0 Å². The third-order valence-corrected chi connectivity index (χ3v) is 7.79. The minimum atomic E-state index is -0.972. The lowest BCUT2D eigenvalue weighted by atomic mass is 9.81. The van der Waals surface area contributed by atoms with Gasteiger partial charge in [-0.05, 0) is 60.2 Å². The first-order valence-corrected chi connectivity index (χ1v) is 14.5. The second-order valence-electron chi connectivity index (χ2n) is 10.5. The number of nitriles is 1. The number of aromatic amines is 1. The molecule has 1 aliphatic rings. The minimum absolute atomic E-state index is 0.0438. The van der Waals surface area contributed by atoms with Gasteiger partial charge in [0.25, 0.3) is 5.91 Å². The van der Waals surface area contributed by atoms with Crippen molar-refractivity contribution < 1.29 is 23.9 Å². The van der Waals surface area contributed by atoms with Gasteiger partial charge in [0.05, 0.1) is 54.1 Å². The van der Waals surface area contributed by atoms with Crippen LogP contribution in [0.2, 0.25) is 0 Å². The molecule has 0 saturated carbocycles. The van der Waals surface area contributed by atoms with Crippen molar-refractivity contribution in [3.8, 4) is 17.5 Å². The SMILES string of the molecule is COC(=O)C1=C(C(=O)OC)N(c2ccc3[nH]c(-c4ccc(NC(=O)c5ccccc5)cc4)nc3c2)C(N)=C(C#N)C1c1ccccc1. The number of hydrogen-bond donors (Lipinski definition) is 3. The first kappa shape index (κ1) is 30.4. The van der Waals surface area contributed by atoms with E-state index >= 15 is 0 Å². The summed E-state index contributed by atoms with van der Waals surface area (Å²) in [5.41, 5.74) is 10.5. The molecule has 1 amide bonds. The van der Waals surface area contributed by atoms with Crippen molar-refractivity contribution in [1.29, 1.82) is 5.26 Å². The average molecular weight is 625 g/mol. The highest BCUT2D eigenvalue weighted by atomic mass is 16.5. The highest BCUT2D eigenvalue weighted by Gasteiger charge is 2.43. The summed E-state index contributed by atoms with van der Waals surface area (Å²) < 4.78 is 10.2. The summed E-state index contributed by atoms with van der Waals surface area (Å²) in [7, 11) is 2.40. The Morgan fingerprint density at radius 2 is 1.55 bits per heavy atom. The number of H-pyrrole nitrogens is 1. The van der Waals surface area contributed by atoms with Gasteiger partial charge < -0.3 is 25.5 Å². The van der Waals surface area contributed by atoms with E-state index in [9.17, 15) is 19.6 Å². The second-order valence-corrected chi connectivity index (χ2v) is 10.5. The van der Waals surface area contributed by atoms with Crippen molar-refractivity contribution in [3.05, 3.63) is 137 Å². The molecule has 2 heterocycles. The predicted molar refractivity (Wildman–Crippen MR) is 175 cm³/mol. The Labute approximate surface area is 269 Å². The largest absolute Gasteiger partial charge is 0.466 e. The summed E-state index contributed by atoms with van der Waals surface area (Å²) in [6.45, 7) is 0. The number of amides is 1. The number of anilines is 2. The molecule has 0 bridgehead atoms. The van der Waals surface area contributed by atoms with E-state index in [1.54, 1.807) is 84.9 Å². The topological polar surface area (TPSA) is 163 Å². The molecule has 4 aromatic carbocycles. The van der Waals surface area contributed by atoms with Gasteiger partial charge in [-0.15, -0.1) is 0 Å². The van der Waals surface area contributed by atoms with Crippen molar-refractivity contribution >= 4 is 40.3 Å². The zero-order chi connectivity index (χ0) is 33.1. The summed E-state index contributed by atoms with van der Waals surface area (Å²) in [4.78, 5) is 48.6. The van der Waals surface area contributed by atoms with Crippen LogP contribution in [-0.2, 0) is 19.1 Å². The number of esters is 2. The molecule has 0 fully saturated rings. The van der Waals surface area contributed by atoms with Crippen molar-refractivity contribution in [3.63, 3.8) is 0 Å². The summed E-state index contributed by atoms with van der Waals surface area (Å²) in [6, 6.07) is 32.2. The average Bonchev–Trinajstić information content (AvgIpc) is 3.55. The number of carbonyl (C=O) groups excluding carboxylic acids is 3. The first-order chi connectivity index (χ1) is 22.8. The number of hydrogen-bond acceptors (Lipinski definition) is 9. The smallest absolute Gasteiger partial charge is 0.355 e. The molecule has 11 heteroatoms. The van der Waals surface area contributed by atoms with Crippen LogP contribution in [0.25, 0.3) is 22.4 Å². The van der Waals surface area contributed by atoms with Gasteiger partial charge >= 0.3 is 11.9 Å². The van der Waals surface area contributed by atoms with Crippen molar-refractivity contribution in [2.75, 3.05) is 24.4 Å². The van der Waals surface area contributed by atoms with E-state index in [0.717, 1.165) is 5.56 Å². The van der Waals surface area contributed by atoms with E-state index in [1.807, 2.05) is 18.2 Å². The van der Waals surface area contributed by atoms with Crippen molar-refractivity contribution in [2.24, 2.45) is 5.73 Å². The Bertz CT molecular complexity index is 2110. The van der Waals surface area contributed by atoms with Gasteiger partial charge in [0.15, 0.2) is 0 Å². The fourth-order valence-corrected chi connectivity index (χ4v) is 5.56. The maximum absolute atomic E-state index is 13.4. The van der Waals surface area contributed by atoms with Gasteiger partial charge in [0.1, 0.15) is 17.3 Å². The van der Waals surface area contributed by atoms with Gasteiger partial charge in [-0.25, -0.2) is 14.6 Å². The molecule has 0 radical (unpaired) electrons. The highest BCUT2D eigenvalue weighted by Crippen LogP contribution is 2.43. The Hall–Kier alpha value is -6.67. The monoisotopic (exact) mass is 624 g/mol. The Balaban J connectivity index is 1.39. The Morgan fingerprint density at radius 1 is 0.894 bits per heavy atom. The fraction of sp³-hybridized carbons (Fsp3) is 0.0833. The third-order valence-electron chi connectivity index (χ3n) is 7.79. The van der Waals surface area contributed by atoms with Crippen LogP contribution < -0.4 is 16.0 Å². The van der Waals surface area contributed by atoms with E-state index in [0.29, 0.717) is 39.4 Å². The summed E-state index contributed by atoms with van der Waals surface area (Å²) >= 11 is 0. The number of allylic oxidation sites excluding steroid dienone is 1. The second kappa shape index (κ2) is 12.7. The van der Waals surface area contributed by atoms with E-state index < -0.39 is 17.9 Å². The molecule has 5 aromatic rings. The molecule has 0 aliphatic carbocycles. The number of fused-ring (bicyclic) bond motifs is 1. The molecule has 1 aliphatic heterocycles. The number of benzene rings is 4. The lowest BCUT2D eigenvalue weighted by molar-refractivity contribution is -0.139. The number of nitrogens with zero attached hydrogens (tertiary/aromatic N) is 3. The van der Waals surface area contributed by atoms with Gasteiger partial charge in [-0.2, -0.15) is 5.26 Å². The summed E-state index contributed by atoms with van der Waals surface area (Å²) in [6.07, 6.45) is 0. The van der Waals surface area contributed by atoms with E-state index in [2.05, 4.69) is 16.4 Å². The Morgan fingerprint density at radius 3 is 2.19 bits per heavy atom. The number of rotatable bonds is 7. The summed E-state index contributed by atoms with van der Waals surface area (Å²) in [5.74, 6) is -2.32. The molecule has 6 rings (SSSR count). The van der Waals surface area contributed by atoms with Crippen LogP contribution in [0.15, 0.2) is 126 Å². The van der Waals surface area contributed by atoms with Gasteiger partial charge in [0, 0.05) is 16.8 Å². The van der Waals surface area contributed by atoms with Crippen molar-refractivity contribution in [1.82, 2.24) is 9.97 Å². The first-order valence-electron chi connectivity index (χ1n) is 14.5. The zero-order valence-corrected chi connectivity index (χ0v) is 25.4. The number of imidazole rings is 1. The number of aromatic nitrogens is 2. The molecule has 0 spiro atoms. The van der Waals surface area contributed by atoms with Crippen LogP contribution in [0.5, 0.6) is 0 Å². The Kier molecular flexibility index (Phi) is 8.23. The lowest BCUT2D eigenvalue weighted by Crippen LogP contribution is -2.40. The maximum atomic E-state index is 13.4. The lowest BCUT2D eigenvalue weighted by Gasteiger charge is -2.35. The van der Waals surface area contributed by atoms with E-state index in [4.69, 9.17) is 20.2 Å². The number of methoxy groups -OCH3 is 2. The molecule has 232 valence electrons. The number of nitrogens with two attached hydrogens (primary N) is 1. The van der Waals surface area contributed by atoms with Gasteiger partial charge in [0.2, 0.25) is 0 Å². The normalized spacial score (nSPS) is 14.5. The van der Waals surface area contributed by atoms with Gasteiger partial charge in [-0.1, -0.05) is 48.5 Å². The molecule has 1 aromatic heterocycles. The molecule has 1 atom stereocenters. The molecular weight excluding hydrogens is 596 g/mol. The van der Waals surface area contributed by atoms with Gasteiger partial charge in [-0.3, -0.25) is 9.69 Å².